The number of carbonyl (C=O) groups excluding carboxylic acids is 2. The normalized spacial score (nSPS) is 11.0. The van der Waals surface area contributed by atoms with Crippen molar-refractivity contribution in [1.82, 2.24) is 4.57 Å². The van der Waals surface area contributed by atoms with Gasteiger partial charge in [-0.25, -0.2) is 0 Å². The van der Waals surface area contributed by atoms with E-state index in [0.717, 1.165) is 0 Å². The average molecular weight is 406 g/mol. The van der Waals surface area contributed by atoms with Gasteiger partial charge in [-0.2, -0.15) is 0 Å². The molecular formula is C20H17Cl2NO4. The highest BCUT2D eigenvalue weighted by Gasteiger charge is 2.23. The minimum Gasteiger partial charge on any atom is -0.506 e. The third kappa shape index (κ3) is 3.66. The predicted molar refractivity (Wildman–Crippen MR) is 105 cm³/mol. The SMILES string of the molecule is CCOC(=O)Cc1c(C)n(C(=O)c2ccc(Cl)cc2)c2cc(Cl)c(O)cc12. The van der Waals surface area contributed by atoms with E-state index in [1.54, 1.807) is 38.1 Å². The molecule has 1 heterocycles. The largest absolute Gasteiger partial charge is 0.506 e. The fourth-order valence-electron chi connectivity index (χ4n) is 3.05. The minimum atomic E-state index is -0.409. The van der Waals surface area contributed by atoms with Crippen molar-refractivity contribution in [3.8, 4) is 5.75 Å². The second kappa shape index (κ2) is 7.62. The molecule has 0 aliphatic carbocycles. The molecule has 0 saturated carbocycles. The number of esters is 1. The molecule has 0 spiro atoms. The van der Waals surface area contributed by atoms with Crippen LogP contribution in [0.15, 0.2) is 36.4 Å². The first-order valence-corrected chi connectivity index (χ1v) is 9.07. The van der Waals surface area contributed by atoms with Crippen LogP contribution in [0.25, 0.3) is 10.9 Å². The van der Waals surface area contributed by atoms with Gasteiger partial charge in [-0.15, -0.1) is 0 Å². The lowest BCUT2D eigenvalue weighted by atomic mass is 10.1. The number of benzene rings is 2. The van der Waals surface area contributed by atoms with Crippen molar-refractivity contribution in [2.75, 3.05) is 6.61 Å². The summed E-state index contributed by atoms with van der Waals surface area (Å²) in [5, 5.41) is 11.2. The summed E-state index contributed by atoms with van der Waals surface area (Å²) in [6.45, 7) is 3.73. The molecule has 0 aliphatic heterocycles. The highest BCUT2D eigenvalue weighted by Crippen LogP contribution is 2.35. The zero-order chi connectivity index (χ0) is 19.7. The summed E-state index contributed by atoms with van der Waals surface area (Å²) in [6, 6.07) is 9.50. The van der Waals surface area contributed by atoms with Crippen molar-refractivity contribution in [3.63, 3.8) is 0 Å². The standard InChI is InChI=1S/C20H17Cl2NO4/c1-3-27-19(25)9-14-11(2)23(17-10-16(22)18(24)8-15(14)17)20(26)12-4-6-13(21)7-5-12/h4-8,10,24H,3,9H2,1-2H3. The van der Waals surface area contributed by atoms with Gasteiger partial charge in [0.2, 0.25) is 0 Å². The van der Waals surface area contributed by atoms with Crippen molar-refractivity contribution in [1.29, 1.82) is 0 Å². The molecule has 0 saturated heterocycles. The molecule has 0 fully saturated rings. The maximum absolute atomic E-state index is 13.1. The number of aromatic nitrogens is 1. The molecule has 0 atom stereocenters. The number of hydrogen-bond acceptors (Lipinski definition) is 4. The molecule has 0 radical (unpaired) electrons. The number of aromatic hydroxyl groups is 1. The zero-order valence-electron chi connectivity index (χ0n) is 14.8. The van der Waals surface area contributed by atoms with Crippen molar-refractivity contribution in [3.05, 3.63) is 63.3 Å². The molecule has 2 aromatic carbocycles. The Labute approximate surface area is 166 Å². The van der Waals surface area contributed by atoms with E-state index in [1.807, 2.05) is 0 Å². The maximum atomic E-state index is 13.1. The number of phenols is 1. The summed E-state index contributed by atoms with van der Waals surface area (Å²) < 4.78 is 6.52. The molecule has 27 heavy (non-hydrogen) atoms. The predicted octanol–water partition coefficient (Wildman–Crippen LogP) is 4.76. The lowest BCUT2D eigenvalue weighted by Crippen LogP contribution is -2.14. The van der Waals surface area contributed by atoms with E-state index >= 15 is 0 Å². The monoisotopic (exact) mass is 405 g/mol. The van der Waals surface area contributed by atoms with Gasteiger partial charge >= 0.3 is 5.97 Å². The molecule has 0 bridgehead atoms. The Morgan fingerprint density at radius 2 is 1.81 bits per heavy atom. The van der Waals surface area contributed by atoms with Gasteiger partial charge in [0, 0.05) is 21.7 Å². The Bertz CT molecular complexity index is 1040. The Hall–Kier alpha value is -2.50. The maximum Gasteiger partial charge on any atom is 0.310 e. The summed E-state index contributed by atoms with van der Waals surface area (Å²) in [5.74, 6) is -0.815. The minimum absolute atomic E-state index is 0.0157. The molecule has 0 amide bonds. The Kier molecular flexibility index (Phi) is 5.44. The van der Waals surface area contributed by atoms with Gasteiger partial charge in [0.05, 0.1) is 23.6 Å². The van der Waals surface area contributed by atoms with Crippen LogP contribution in [0.2, 0.25) is 10.0 Å². The van der Waals surface area contributed by atoms with E-state index in [0.29, 0.717) is 32.7 Å². The lowest BCUT2D eigenvalue weighted by molar-refractivity contribution is -0.142. The first-order valence-electron chi connectivity index (χ1n) is 8.31. The Morgan fingerprint density at radius 1 is 1.15 bits per heavy atom. The molecule has 7 heteroatoms. The van der Waals surface area contributed by atoms with Crippen LogP contribution in [-0.4, -0.2) is 28.2 Å². The van der Waals surface area contributed by atoms with Crippen LogP contribution in [0.4, 0.5) is 0 Å². The molecule has 5 nitrogen and oxygen atoms in total. The lowest BCUT2D eigenvalue weighted by Gasteiger charge is -2.08. The molecule has 140 valence electrons. The smallest absolute Gasteiger partial charge is 0.310 e. The summed E-state index contributed by atoms with van der Waals surface area (Å²) in [6.07, 6.45) is -0.0157. The van der Waals surface area contributed by atoms with Gasteiger partial charge in [0.1, 0.15) is 5.75 Å². The van der Waals surface area contributed by atoms with Crippen LogP contribution in [0.3, 0.4) is 0 Å². The summed E-state index contributed by atoms with van der Waals surface area (Å²) in [5.41, 5.74) is 2.14. The summed E-state index contributed by atoms with van der Waals surface area (Å²) in [7, 11) is 0. The van der Waals surface area contributed by atoms with E-state index in [9.17, 15) is 14.7 Å². The van der Waals surface area contributed by atoms with Crippen LogP contribution in [-0.2, 0) is 16.0 Å². The molecule has 0 unspecified atom stereocenters. The quantitative estimate of drug-likeness (QED) is 0.635. The third-order valence-corrected chi connectivity index (χ3v) is 4.88. The number of rotatable bonds is 4. The molecule has 1 N–H and O–H groups in total. The number of carbonyl (C=O) groups is 2. The first-order chi connectivity index (χ1) is 12.8. The molecular weight excluding hydrogens is 389 g/mol. The van der Waals surface area contributed by atoms with E-state index in [1.165, 1.54) is 16.7 Å². The van der Waals surface area contributed by atoms with Crippen LogP contribution < -0.4 is 0 Å². The van der Waals surface area contributed by atoms with Crippen molar-refractivity contribution in [2.45, 2.75) is 20.3 Å². The Morgan fingerprint density at radius 3 is 2.44 bits per heavy atom. The average Bonchev–Trinajstić information content (AvgIpc) is 2.87. The van der Waals surface area contributed by atoms with Gasteiger partial charge in [0.25, 0.3) is 5.91 Å². The Balaban J connectivity index is 2.21. The molecule has 1 aromatic heterocycles. The van der Waals surface area contributed by atoms with Crippen molar-refractivity contribution >= 4 is 46.0 Å². The third-order valence-electron chi connectivity index (χ3n) is 4.32. The number of fused-ring (bicyclic) bond motifs is 1. The topological polar surface area (TPSA) is 68.5 Å². The van der Waals surface area contributed by atoms with Crippen LogP contribution in [0, 0.1) is 6.92 Å². The number of ether oxygens (including phenoxy) is 1. The van der Waals surface area contributed by atoms with E-state index in [-0.39, 0.29) is 29.7 Å². The number of halogens is 2. The van der Waals surface area contributed by atoms with E-state index in [4.69, 9.17) is 27.9 Å². The second-order valence-electron chi connectivity index (χ2n) is 6.01. The van der Waals surface area contributed by atoms with Gasteiger partial charge in [-0.3, -0.25) is 14.2 Å². The van der Waals surface area contributed by atoms with Crippen LogP contribution in [0.5, 0.6) is 5.75 Å². The zero-order valence-corrected chi connectivity index (χ0v) is 16.3. The summed E-state index contributed by atoms with van der Waals surface area (Å²) in [4.78, 5) is 25.1. The van der Waals surface area contributed by atoms with Gasteiger partial charge in [0.15, 0.2) is 0 Å². The van der Waals surface area contributed by atoms with E-state index in [2.05, 4.69) is 0 Å². The molecule has 3 rings (SSSR count). The van der Waals surface area contributed by atoms with E-state index < -0.39 is 5.97 Å². The van der Waals surface area contributed by atoms with Gasteiger partial charge < -0.3 is 9.84 Å². The first kappa shape index (κ1) is 19.3. The molecule has 3 aromatic rings. The number of hydrogen-bond donors (Lipinski definition) is 1. The van der Waals surface area contributed by atoms with Crippen molar-refractivity contribution < 1.29 is 19.4 Å². The fourth-order valence-corrected chi connectivity index (χ4v) is 3.34. The number of nitrogens with zero attached hydrogens (tertiary/aromatic N) is 1. The highest BCUT2D eigenvalue weighted by atomic mass is 35.5. The van der Waals surface area contributed by atoms with Crippen LogP contribution >= 0.6 is 23.2 Å². The fraction of sp³-hybridized carbons (Fsp3) is 0.200. The van der Waals surface area contributed by atoms with Gasteiger partial charge in [-0.05, 0) is 55.8 Å². The second-order valence-corrected chi connectivity index (χ2v) is 6.86. The molecule has 0 aliphatic rings. The summed E-state index contributed by atoms with van der Waals surface area (Å²) >= 11 is 12.0. The number of phenolic OH excluding ortho intramolecular Hbond substituents is 1. The van der Waals surface area contributed by atoms with Gasteiger partial charge in [-0.1, -0.05) is 23.2 Å². The highest BCUT2D eigenvalue weighted by molar-refractivity contribution is 6.33. The van der Waals surface area contributed by atoms with Crippen LogP contribution in [0.1, 0.15) is 28.5 Å². The van der Waals surface area contributed by atoms with Crippen molar-refractivity contribution in [2.24, 2.45) is 0 Å².